The molecule has 1 aromatic heterocycles. The van der Waals surface area contributed by atoms with Gasteiger partial charge in [0.1, 0.15) is 11.6 Å². The molecule has 0 bridgehead atoms. The second kappa shape index (κ2) is 6.88. The molecular weight excluding hydrogens is 326 g/mol. The summed E-state index contributed by atoms with van der Waals surface area (Å²) in [5, 5.41) is 9.23. The van der Waals surface area contributed by atoms with Crippen LogP contribution in [0.15, 0.2) is 0 Å². The number of hydrogen-bond acceptors (Lipinski definition) is 5. The molecule has 1 aliphatic heterocycles. The van der Waals surface area contributed by atoms with Gasteiger partial charge in [-0.1, -0.05) is 6.42 Å². The molecule has 6 heteroatoms. The Morgan fingerprint density at radius 1 is 1.08 bits per heavy atom. The van der Waals surface area contributed by atoms with E-state index in [1.54, 1.807) is 0 Å². The summed E-state index contributed by atoms with van der Waals surface area (Å²) < 4.78 is 8.10. The van der Waals surface area contributed by atoms with Crippen molar-refractivity contribution in [1.29, 1.82) is 0 Å². The van der Waals surface area contributed by atoms with Crippen LogP contribution in [-0.2, 0) is 11.3 Å². The fourth-order valence-corrected chi connectivity index (χ4v) is 5.24. The Kier molecular flexibility index (Phi) is 4.53. The lowest BCUT2D eigenvalue weighted by molar-refractivity contribution is 0.0832. The van der Waals surface area contributed by atoms with Crippen LogP contribution in [-0.4, -0.2) is 70.0 Å². The van der Waals surface area contributed by atoms with Crippen molar-refractivity contribution in [3.05, 3.63) is 11.6 Å². The maximum Gasteiger partial charge on any atom is 0.147 e. The average Bonchev–Trinajstić information content (AvgIpc) is 3.52. The molecule has 26 heavy (non-hydrogen) atoms. The number of likely N-dealkylation sites (N-methyl/N-ethyl adjacent to an activating group) is 1. The van der Waals surface area contributed by atoms with Gasteiger partial charge in [0.25, 0.3) is 0 Å². The van der Waals surface area contributed by atoms with E-state index in [4.69, 9.17) is 4.74 Å². The summed E-state index contributed by atoms with van der Waals surface area (Å²) in [6.45, 7) is 3.24. The van der Waals surface area contributed by atoms with Gasteiger partial charge in [0, 0.05) is 44.2 Å². The van der Waals surface area contributed by atoms with Crippen molar-refractivity contribution in [2.24, 2.45) is 0 Å². The highest BCUT2D eigenvalue weighted by Crippen LogP contribution is 2.45. The van der Waals surface area contributed by atoms with E-state index in [2.05, 4.69) is 31.6 Å². The van der Waals surface area contributed by atoms with E-state index in [0.717, 1.165) is 13.1 Å². The van der Waals surface area contributed by atoms with Gasteiger partial charge in [-0.15, -0.1) is 10.2 Å². The van der Waals surface area contributed by atoms with Gasteiger partial charge >= 0.3 is 0 Å². The molecule has 0 radical (unpaired) electrons. The largest absolute Gasteiger partial charge is 0.380 e. The molecule has 4 fully saturated rings. The second-order valence-electron chi connectivity index (χ2n) is 8.97. The Balaban J connectivity index is 1.28. The van der Waals surface area contributed by atoms with Gasteiger partial charge in [0.05, 0.1) is 12.6 Å². The minimum atomic E-state index is 0.431. The van der Waals surface area contributed by atoms with Crippen molar-refractivity contribution in [2.45, 2.75) is 88.1 Å². The topological polar surface area (TPSA) is 46.4 Å². The number of ether oxygens (including phenoxy) is 1. The fourth-order valence-electron chi connectivity index (χ4n) is 5.24. The molecule has 3 aliphatic carbocycles. The summed E-state index contributed by atoms with van der Waals surface area (Å²) in [7, 11) is 4.16. The highest BCUT2D eigenvalue weighted by atomic mass is 16.5. The van der Waals surface area contributed by atoms with Gasteiger partial charge in [0.15, 0.2) is 0 Å². The van der Waals surface area contributed by atoms with Gasteiger partial charge in [-0.3, -0.25) is 9.80 Å². The number of nitrogens with zero attached hydrogens (tertiary/aromatic N) is 5. The van der Waals surface area contributed by atoms with Crippen LogP contribution in [0.1, 0.15) is 75.0 Å². The van der Waals surface area contributed by atoms with Crippen molar-refractivity contribution in [3.8, 4) is 0 Å². The normalized spacial score (nSPS) is 32.8. The van der Waals surface area contributed by atoms with E-state index in [0.29, 0.717) is 30.1 Å². The molecule has 1 unspecified atom stereocenters. The Hall–Kier alpha value is -0.980. The molecule has 4 aliphatic rings. The zero-order chi connectivity index (χ0) is 17.7. The van der Waals surface area contributed by atoms with Crippen LogP contribution in [0.2, 0.25) is 0 Å². The number of methoxy groups -OCH3 is 1. The van der Waals surface area contributed by atoms with Crippen molar-refractivity contribution in [2.75, 3.05) is 27.2 Å². The van der Waals surface area contributed by atoms with Crippen LogP contribution >= 0.6 is 0 Å². The SMILES string of the molecule is COC1CCN([C@H]2CCC[C@H]2N(C)Cc2nnc(C3CC3)n2C2CC2)C1. The number of hydrogen-bond donors (Lipinski definition) is 0. The quantitative estimate of drug-likeness (QED) is 0.749. The summed E-state index contributed by atoms with van der Waals surface area (Å²) >= 11 is 0. The van der Waals surface area contributed by atoms with E-state index in [1.807, 2.05) is 7.11 Å². The number of likely N-dealkylation sites (tertiary alicyclic amines) is 1. The lowest BCUT2D eigenvalue weighted by Crippen LogP contribution is -2.47. The molecule has 0 aromatic carbocycles. The first-order valence-corrected chi connectivity index (χ1v) is 10.7. The summed E-state index contributed by atoms with van der Waals surface area (Å²) in [5.74, 6) is 3.18. The highest BCUT2D eigenvalue weighted by molar-refractivity contribution is 5.12. The Morgan fingerprint density at radius 2 is 1.92 bits per heavy atom. The summed E-state index contributed by atoms with van der Waals surface area (Å²) in [6, 6.07) is 2.00. The van der Waals surface area contributed by atoms with Crippen molar-refractivity contribution in [3.63, 3.8) is 0 Å². The molecule has 6 nitrogen and oxygen atoms in total. The molecule has 0 N–H and O–H groups in total. The first-order valence-electron chi connectivity index (χ1n) is 10.7. The molecule has 1 aromatic rings. The smallest absolute Gasteiger partial charge is 0.147 e. The van der Waals surface area contributed by atoms with Crippen LogP contribution in [0.3, 0.4) is 0 Å². The monoisotopic (exact) mass is 359 g/mol. The fraction of sp³-hybridized carbons (Fsp3) is 0.900. The lowest BCUT2D eigenvalue weighted by Gasteiger charge is -2.35. The molecular formula is C20H33N5O. The van der Waals surface area contributed by atoms with E-state index in [9.17, 15) is 0 Å². The van der Waals surface area contributed by atoms with Gasteiger partial charge in [-0.05, 0) is 52.0 Å². The van der Waals surface area contributed by atoms with Gasteiger partial charge in [-0.2, -0.15) is 0 Å². The molecule has 2 heterocycles. The molecule has 5 rings (SSSR count). The van der Waals surface area contributed by atoms with Crippen LogP contribution in [0.4, 0.5) is 0 Å². The molecule has 3 atom stereocenters. The van der Waals surface area contributed by atoms with Gasteiger partial charge < -0.3 is 9.30 Å². The Morgan fingerprint density at radius 3 is 2.62 bits per heavy atom. The standard InChI is InChI=1S/C20H33N5O/c1-23(17-4-3-5-18(17)24-11-10-16(12-24)26-2)13-19-21-22-20(14-6-7-14)25(19)15-8-9-15/h14-18H,3-13H2,1-2H3/t16?,17-,18+/m1/s1. The molecule has 0 amide bonds. The van der Waals surface area contributed by atoms with Crippen LogP contribution in [0, 0.1) is 0 Å². The summed E-state index contributed by atoms with van der Waals surface area (Å²) in [4.78, 5) is 5.25. The summed E-state index contributed by atoms with van der Waals surface area (Å²) in [5.41, 5.74) is 0. The van der Waals surface area contributed by atoms with Crippen LogP contribution in [0.5, 0.6) is 0 Å². The van der Waals surface area contributed by atoms with E-state index in [1.165, 1.54) is 69.6 Å². The molecule has 0 spiro atoms. The number of rotatable bonds is 7. The first kappa shape index (κ1) is 17.1. The van der Waals surface area contributed by atoms with Crippen LogP contribution in [0.25, 0.3) is 0 Å². The predicted molar refractivity (Wildman–Crippen MR) is 100 cm³/mol. The zero-order valence-corrected chi connectivity index (χ0v) is 16.3. The van der Waals surface area contributed by atoms with Crippen molar-refractivity contribution in [1.82, 2.24) is 24.6 Å². The van der Waals surface area contributed by atoms with E-state index < -0.39 is 0 Å². The van der Waals surface area contributed by atoms with Crippen molar-refractivity contribution >= 4 is 0 Å². The van der Waals surface area contributed by atoms with Crippen LogP contribution < -0.4 is 0 Å². The zero-order valence-electron chi connectivity index (χ0n) is 16.3. The molecule has 144 valence electrons. The molecule has 3 saturated carbocycles. The maximum absolute atomic E-state index is 5.60. The Bertz CT molecular complexity index is 638. The van der Waals surface area contributed by atoms with Crippen molar-refractivity contribution < 1.29 is 4.74 Å². The lowest BCUT2D eigenvalue weighted by atomic mass is 10.1. The third-order valence-corrected chi connectivity index (χ3v) is 7.03. The second-order valence-corrected chi connectivity index (χ2v) is 8.97. The minimum Gasteiger partial charge on any atom is -0.380 e. The summed E-state index contributed by atoms with van der Waals surface area (Å²) in [6.07, 6.45) is 10.8. The minimum absolute atomic E-state index is 0.431. The third-order valence-electron chi connectivity index (χ3n) is 7.03. The highest BCUT2D eigenvalue weighted by Gasteiger charge is 2.40. The van der Waals surface area contributed by atoms with Gasteiger partial charge in [0.2, 0.25) is 0 Å². The third kappa shape index (κ3) is 3.20. The van der Waals surface area contributed by atoms with E-state index >= 15 is 0 Å². The molecule has 1 saturated heterocycles. The van der Waals surface area contributed by atoms with E-state index in [-0.39, 0.29) is 0 Å². The Labute approximate surface area is 156 Å². The first-order chi connectivity index (χ1) is 12.7. The average molecular weight is 360 g/mol. The van der Waals surface area contributed by atoms with Gasteiger partial charge in [-0.25, -0.2) is 0 Å². The maximum atomic E-state index is 5.60. The number of aromatic nitrogens is 3. The predicted octanol–water partition coefficient (Wildman–Crippen LogP) is 2.56.